The molecule has 34 heavy (non-hydrogen) atoms. The van der Waals surface area contributed by atoms with Gasteiger partial charge in [0.25, 0.3) is 0 Å². The molecule has 0 radical (unpaired) electrons. The second-order valence-electron chi connectivity index (χ2n) is 8.57. The number of rotatable bonds is 13. The predicted molar refractivity (Wildman–Crippen MR) is 135 cm³/mol. The standard InChI is InChI=1S/C26H38N4O4/c1-3-4-5-12-28-26-25-20(7-6-8-24(27)29-26)11-13-30(25)15-21-10-9-19(14-23(21)33-2)17-34-18-22(32)16-31/h7,9-11,13-14,22,28,31-32H,3-6,8,12,15-18H2,1-2H3,(H2,27,29)/b20-7-,26-25+/t22-/m1/s1. The van der Waals surface area contributed by atoms with E-state index in [1.165, 1.54) is 12.8 Å². The summed E-state index contributed by atoms with van der Waals surface area (Å²) in [6.07, 6.45) is 8.46. The summed E-state index contributed by atoms with van der Waals surface area (Å²) in [6.45, 7) is 3.76. The van der Waals surface area contributed by atoms with Gasteiger partial charge in [0.15, 0.2) is 5.82 Å². The van der Waals surface area contributed by atoms with Crippen molar-refractivity contribution in [2.45, 2.75) is 58.3 Å². The highest BCUT2D eigenvalue weighted by molar-refractivity contribution is 5.84. The molecule has 3 rings (SSSR count). The fraction of sp³-hybridized carbons (Fsp3) is 0.500. The SMILES string of the molecule is CCCCCNC1=c2/c(ccn2Cc2ccc(COC[C@H](O)CO)cc2OC)=C\CC/C(N)=N\1. The zero-order valence-corrected chi connectivity index (χ0v) is 20.3. The number of methoxy groups -OCH3 is 1. The lowest BCUT2D eigenvalue weighted by Crippen LogP contribution is -2.37. The normalized spacial score (nSPS) is 18.6. The average Bonchev–Trinajstić information content (AvgIpc) is 3.22. The molecule has 0 bridgehead atoms. The van der Waals surface area contributed by atoms with Crippen molar-refractivity contribution in [2.24, 2.45) is 10.7 Å². The summed E-state index contributed by atoms with van der Waals surface area (Å²) in [5, 5.41) is 24.1. The molecule has 0 saturated heterocycles. The first-order chi connectivity index (χ1) is 16.5. The van der Waals surface area contributed by atoms with Crippen LogP contribution in [0.25, 0.3) is 11.9 Å². The third-order valence-electron chi connectivity index (χ3n) is 5.79. The predicted octanol–water partition coefficient (Wildman–Crippen LogP) is 1.19. The number of aliphatic hydroxyl groups is 2. The van der Waals surface area contributed by atoms with Crippen molar-refractivity contribution in [1.82, 2.24) is 9.88 Å². The van der Waals surface area contributed by atoms with E-state index in [1.807, 2.05) is 18.2 Å². The summed E-state index contributed by atoms with van der Waals surface area (Å²) >= 11 is 0. The maximum atomic E-state index is 9.45. The third-order valence-corrected chi connectivity index (χ3v) is 5.79. The first-order valence-corrected chi connectivity index (χ1v) is 12.0. The van der Waals surface area contributed by atoms with Crippen LogP contribution in [0.1, 0.15) is 50.2 Å². The Morgan fingerprint density at radius 3 is 2.88 bits per heavy atom. The highest BCUT2D eigenvalue weighted by Gasteiger charge is 2.11. The number of nitrogens with one attached hydrogen (secondary N) is 1. The zero-order valence-electron chi connectivity index (χ0n) is 20.3. The molecule has 2 heterocycles. The van der Waals surface area contributed by atoms with Crippen molar-refractivity contribution in [3.8, 4) is 5.75 Å². The average molecular weight is 471 g/mol. The van der Waals surface area contributed by atoms with E-state index in [0.717, 1.165) is 59.1 Å². The number of benzene rings is 1. The van der Waals surface area contributed by atoms with E-state index in [4.69, 9.17) is 25.3 Å². The second kappa shape index (κ2) is 13.2. The van der Waals surface area contributed by atoms with Crippen molar-refractivity contribution in [3.05, 3.63) is 52.2 Å². The van der Waals surface area contributed by atoms with Gasteiger partial charge in [-0.15, -0.1) is 0 Å². The minimum atomic E-state index is -0.871. The number of aromatic nitrogens is 1. The number of nitrogens with zero attached hydrogens (tertiary/aromatic N) is 2. The number of unbranched alkanes of at least 4 members (excludes halogenated alkanes) is 2. The molecular weight excluding hydrogens is 432 g/mol. The first-order valence-electron chi connectivity index (χ1n) is 12.0. The summed E-state index contributed by atoms with van der Waals surface area (Å²) < 4.78 is 13.3. The molecular formula is C26H38N4O4. The van der Waals surface area contributed by atoms with Crippen LogP contribution in [-0.4, -0.2) is 53.6 Å². The van der Waals surface area contributed by atoms with Crippen LogP contribution in [0.15, 0.2) is 35.5 Å². The summed E-state index contributed by atoms with van der Waals surface area (Å²) in [5.74, 6) is 2.22. The fourth-order valence-electron chi connectivity index (χ4n) is 3.95. The maximum Gasteiger partial charge on any atom is 0.152 e. The second-order valence-corrected chi connectivity index (χ2v) is 8.57. The maximum absolute atomic E-state index is 9.45. The van der Waals surface area contributed by atoms with Gasteiger partial charge in [0.2, 0.25) is 0 Å². The van der Waals surface area contributed by atoms with Gasteiger partial charge in [-0.2, -0.15) is 0 Å². The van der Waals surface area contributed by atoms with Crippen molar-refractivity contribution >= 4 is 17.7 Å². The van der Waals surface area contributed by atoms with Gasteiger partial charge in [-0.3, -0.25) is 0 Å². The lowest BCUT2D eigenvalue weighted by atomic mass is 10.1. The molecule has 1 aliphatic rings. The van der Waals surface area contributed by atoms with Crippen molar-refractivity contribution in [1.29, 1.82) is 0 Å². The molecule has 1 aliphatic heterocycles. The smallest absolute Gasteiger partial charge is 0.152 e. The monoisotopic (exact) mass is 470 g/mol. The zero-order chi connectivity index (χ0) is 24.3. The molecule has 8 heteroatoms. The molecule has 1 atom stereocenters. The molecule has 0 unspecified atom stereocenters. The van der Waals surface area contributed by atoms with Gasteiger partial charge in [0.05, 0.1) is 38.8 Å². The Labute approximate surface area is 201 Å². The van der Waals surface area contributed by atoms with Crippen LogP contribution < -0.4 is 26.4 Å². The Bertz CT molecular complexity index is 1080. The fourth-order valence-corrected chi connectivity index (χ4v) is 3.95. The highest BCUT2D eigenvalue weighted by Crippen LogP contribution is 2.21. The summed E-state index contributed by atoms with van der Waals surface area (Å²) in [6, 6.07) is 8.10. The van der Waals surface area contributed by atoms with Crippen molar-refractivity contribution in [3.63, 3.8) is 0 Å². The van der Waals surface area contributed by atoms with Crippen LogP contribution in [0.4, 0.5) is 0 Å². The molecule has 5 N–H and O–H groups in total. The molecule has 2 aromatic rings. The molecule has 0 aliphatic carbocycles. The van der Waals surface area contributed by atoms with Gasteiger partial charge in [-0.05, 0) is 35.8 Å². The van der Waals surface area contributed by atoms with Gasteiger partial charge < -0.3 is 35.3 Å². The largest absolute Gasteiger partial charge is 0.496 e. The molecule has 8 nitrogen and oxygen atoms in total. The number of fused-ring (bicyclic) bond motifs is 1. The Morgan fingerprint density at radius 1 is 1.26 bits per heavy atom. The lowest BCUT2D eigenvalue weighted by Gasteiger charge is -2.15. The molecule has 1 aromatic heterocycles. The Hall–Kier alpha value is -2.81. The van der Waals surface area contributed by atoms with Crippen molar-refractivity contribution < 1.29 is 19.7 Å². The van der Waals surface area contributed by atoms with E-state index >= 15 is 0 Å². The number of ether oxygens (including phenoxy) is 2. The number of aliphatic hydroxyl groups excluding tert-OH is 2. The Kier molecular flexibility index (Phi) is 10.00. The summed E-state index contributed by atoms with van der Waals surface area (Å²) in [5.41, 5.74) is 8.15. The van der Waals surface area contributed by atoms with Gasteiger partial charge in [-0.25, -0.2) is 4.99 Å². The first kappa shape index (κ1) is 25.8. The van der Waals surface area contributed by atoms with Gasteiger partial charge in [0.1, 0.15) is 17.7 Å². The number of hydrogen-bond acceptors (Lipinski definition) is 7. The van der Waals surface area contributed by atoms with Crippen LogP contribution in [0.3, 0.4) is 0 Å². The summed E-state index contributed by atoms with van der Waals surface area (Å²) in [7, 11) is 1.66. The Balaban J connectivity index is 1.88. The highest BCUT2D eigenvalue weighted by atomic mass is 16.5. The molecule has 1 aromatic carbocycles. The minimum Gasteiger partial charge on any atom is -0.496 e. The third kappa shape index (κ3) is 7.09. The minimum absolute atomic E-state index is 0.0834. The van der Waals surface area contributed by atoms with Crippen LogP contribution in [-0.2, 0) is 17.9 Å². The van der Waals surface area contributed by atoms with Gasteiger partial charge >= 0.3 is 0 Å². The number of aliphatic imine (C=N–C) groups is 1. The van der Waals surface area contributed by atoms with E-state index in [2.05, 4.69) is 35.1 Å². The molecule has 0 saturated carbocycles. The number of amidine groups is 1. The van der Waals surface area contributed by atoms with Gasteiger partial charge in [-0.1, -0.05) is 38.0 Å². The van der Waals surface area contributed by atoms with E-state index in [-0.39, 0.29) is 13.2 Å². The van der Waals surface area contributed by atoms with Crippen molar-refractivity contribution in [2.75, 3.05) is 26.9 Å². The topological polar surface area (TPSA) is 114 Å². The number of nitrogens with two attached hydrogens (primary N) is 1. The summed E-state index contributed by atoms with van der Waals surface area (Å²) in [4.78, 5) is 4.73. The molecule has 0 spiro atoms. The van der Waals surface area contributed by atoms with E-state index in [0.29, 0.717) is 19.0 Å². The quantitative estimate of drug-likeness (QED) is 0.327. The van der Waals surface area contributed by atoms with Crippen LogP contribution in [0, 0.1) is 0 Å². The van der Waals surface area contributed by atoms with Crippen LogP contribution in [0.5, 0.6) is 5.75 Å². The van der Waals surface area contributed by atoms with E-state index in [9.17, 15) is 5.11 Å². The molecule has 0 amide bonds. The number of hydrogen-bond donors (Lipinski definition) is 4. The van der Waals surface area contributed by atoms with E-state index in [1.54, 1.807) is 7.11 Å². The lowest BCUT2D eigenvalue weighted by molar-refractivity contribution is -0.0000113. The van der Waals surface area contributed by atoms with Crippen LogP contribution in [0.2, 0.25) is 0 Å². The van der Waals surface area contributed by atoms with Crippen LogP contribution >= 0.6 is 0 Å². The van der Waals surface area contributed by atoms with Gasteiger partial charge in [0, 0.05) is 24.7 Å². The molecule has 186 valence electrons. The molecule has 0 fully saturated rings. The van der Waals surface area contributed by atoms with E-state index < -0.39 is 6.10 Å². The Morgan fingerprint density at radius 2 is 2.12 bits per heavy atom.